The number of rotatable bonds is 6. The van der Waals surface area contributed by atoms with Gasteiger partial charge in [0, 0.05) is 22.6 Å². The van der Waals surface area contributed by atoms with Gasteiger partial charge in [0.2, 0.25) is 0 Å². The summed E-state index contributed by atoms with van der Waals surface area (Å²) in [7, 11) is 0. The zero-order valence-corrected chi connectivity index (χ0v) is 12.8. The van der Waals surface area contributed by atoms with Gasteiger partial charge in [-0.3, -0.25) is 9.69 Å². The van der Waals surface area contributed by atoms with Crippen molar-refractivity contribution in [3.05, 3.63) is 33.3 Å². The van der Waals surface area contributed by atoms with Crippen LogP contribution < -0.4 is 0 Å². The Hall–Kier alpha value is -0.580. The number of halogens is 2. The van der Waals surface area contributed by atoms with Crippen molar-refractivity contribution >= 4 is 33.5 Å². The van der Waals surface area contributed by atoms with Gasteiger partial charge in [0.1, 0.15) is 0 Å². The Balaban J connectivity index is 2.81. The fraction of sp³-hybridized carbons (Fsp3) is 0.462. The van der Waals surface area contributed by atoms with E-state index in [4.69, 9.17) is 16.7 Å². The van der Waals surface area contributed by atoms with Gasteiger partial charge in [-0.2, -0.15) is 0 Å². The minimum Gasteiger partial charge on any atom is -0.480 e. The highest BCUT2D eigenvalue weighted by Gasteiger charge is 2.13. The Morgan fingerprint density at radius 1 is 1.50 bits per heavy atom. The molecule has 0 fully saturated rings. The number of hydrogen-bond acceptors (Lipinski definition) is 2. The van der Waals surface area contributed by atoms with E-state index in [1.54, 1.807) is 0 Å². The first kappa shape index (κ1) is 15.5. The number of benzene rings is 1. The summed E-state index contributed by atoms with van der Waals surface area (Å²) in [4.78, 5) is 12.7. The number of aliphatic carboxylic acids is 1. The van der Waals surface area contributed by atoms with Crippen LogP contribution >= 0.6 is 27.5 Å². The van der Waals surface area contributed by atoms with Crippen molar-refractivity contribution in [1.29, 1.82) is 0 Å². The zero-order valence-electron chi connectivity index (χ0n) is 10.5. The van der Waals surface area contributed by atoms with E-state index < -0.39 is 5.97 Å². The third kappa shape index (κ3) is 5.38. The molecule has 1 rings (SSSR count). The predicted octanol–water partition coefficient (Wildman–Crippen LogP) is 3.65. The molecule has 3 nitrogen and oxygen atoms in total. The van der Waals surface area contributed by atoms with Gasteiger partial charge in [-0.25, -0.2) is 0 Å². The van der Waals surface area contributed by atoms with Crippen LogP contribution in [0.3, 0.4) is 0 Å². The third-order valence-electron chi connectivity index (χ3n) is 2.38. The highest BCUT2D eigenvalue weighted by atomic mass is 79.9. The van der Waals surface area contributed by atoms with Crippen LogP contribution in [0.15, 0.2) is 22.7 Å². The summed E-state index contributed by atoms with van der Waals surface area (Å²) < 4.78 is 0.946. The summed E-state index contributed by atoms with van der Waals surface area (Å²) in [5, 5.41) is 9.58. The number of carboxylic acids is 1. The zero-order chi connectivity index (χ0) is 13.7. The molecular weight excluding hydrogens is 318 g/mol. The summed E-state index contributed by atoms with van der Waals surface area (Å²) in [6.07, 6.45) is 0. The number of nitrogens with zero attached hydrogens (tertiary/aromatic N) is 1. The standard InChI is InChI=1S/C13H17BrClNO2/c1-9(2)6-16(8-13(17)18)7-10-5-11(14)3-4-12(10)15/h3-5,9H,6-8H2,1-2H3,(H,17,18). The van der Waals surface area contributed by atoms with Gasteiger partial charge in [0.25, 0.3) is 0 Å². The van der Waals surface area contributed by atoms with Crippen LogP contribution in [0, 0.1) is 5.92 Å². The molecule has 0 saturated heterocycles. The molecule has 0 heterocycles. The van der Waals surface area contributed by atoms with Crippen LogP contribution in [-0.4, -0.2) is 29.1 Å². The van der Waals surface area contributed by atoms with E-state index in [2.05, 4.69) is 29.8 Å². The lowest BCUT2D eigenvalue weighted by Crippen LogP contribution is -2.32. The van der Waals surface area contributed by atoms with Crippen molar-refractivity contribution in [3.63, 3.8) is 0 Å². The predicted molar refractivity (Wildman–Crippen MR) is 76.9 cm³/mol. The van der Waals surface area contributed by atoms with Gasteiger partial charge in [0.15, 0.2) is 0 Å². The fourth-order valence-corrected chi connectivity index (χ4v) is 2.38. The fourth-order valence-electron chi connectivity index (χ4n) is 1.80. The van der Waals surface area contributed by atoms with E-state index in [0.717, 1.165) is 16.6 Å². The van der Waals surface area contributed by atoms with Gasteiger partial charge < -0.3 is 5.11 Å². The largest absolute Gasteiger partial charge is 0.480 e. The van der Waals surface area contributed by atoms with Gasteiger partial charge in [-0.1, -0.05) is 41.4 Å². The summed E-state index contributed by atoms with van der Waals surface area (Å²) in [5.41, 5.74) is 0.938. The molecule has 0 aliphatic carbocycles. The molecule has 0 radical (unpaired) electrons. The topological polar surface area (TPSA) is 40.5 Å². The maximum absolute atomic E-state index is 10.8. The second kappa shape index (κ2) is 7.12. The average Bonchev–Trinajstić information content (AvgIpc) is 2.21. The summed E-state index contributed by atoms with van der Waals surface area (Å²) in [6, 6.07) is 5.61. The molecule has 1 aromatic rings. The van der Waals surface area contributed by atoms with Crippen LogP contribution in [0.2, 0.25) is 5.02 Å². The molecule has 0 aliphatic heterocycles. The van der Waals surface area contributed by atoms with Crippen LogP contribution in [-0.2, 0) is 11.3 Å². The summed E-state index contributed by atoms with van der Waals surface area (Å²) in [5.74, 6) is -0.406. The maximum atomic E-state index is 10.8. The first-order valence-electron chi connectivity index (χ1n) is 5.76. The second-order valence-corrected chi connectivity index (χ2v) is 6.02. The lowest BCUT2D eigenvalue weighted by Gasteiger charge is -2.23. The molecule has 0 saturated carbocycles. The van der Waals surface area contributed by atoms with E-state index in [1.807, 2.05) is 23.1 Å². The monoisotopic (exact) mass is 333 g/mol. The van der Waals surface area contributed by atoms with E-state index in [1.165, 1.54) is 0 Å². The molecule has 100 valence electrons. The molecule has 1 N–H and O–H groups in total. The Morgan fingerprint density at radius 3 is 2.72 bits per heavy atom. The van der Waals surface area contributed by atoms with E-state index in [0.29, 0.717) is 17.5 Å². The second-order valence-electron chi connectivity index (χ2n) is 4.69. The Labute approximate surface area is 121 Å². The Bertz CT molecular complexity index is 423. The molecule has 0 aliphatic rings. The number of carboxylic acid groups (broad SMARTS) is 1. The molecule has 0 atom stereocenters. The quantitative estimate of drug-likeness (QED) is 0.863. The van der Waals surface area contributed by atoms with Crippen molar-refractivity contribution in [1.82, 2.24) is 4.90 Å². The van der Waals surface area contributed by atoms with Gasteiger partial charge in [-0.15, -0.1) is 0 Å². The van der Waals surface area contributed by atoms with Crippen molar-refractivity contribution in [2.75, 3.05) is 13.1 Å². The minimum absolute atomic E-state index is 0.0288. The normalized spacial score (nSPS) is 11.2. The Morgan fingerprint density at radius 2 is 2.17 bits per heavy atom. The Kier molecular flexibility index (Phi) is 6.12. The molecule has 5 heteroatoms. The van der Waals surface area contributed by atoms with E-state index in [-0.39, 0.29) is 6.54 Å². The van der Waals surface area contributed by atoms with Crippen molar-refractivity contribution in [2.24, 2.45) is 5.92 Å². The lowest BCUT2D eigenvalue weighted by molar-refractivity contribution is -0.138. The molecule has 0 amide bonds. The maximum Gasteiger partial charge on any atom is 0.317 e. The van der Waals surface area contributed by atoms with Gasteiger partial charge in [-0.05, 0) is 29.7 Å². The van der Waals surface area contributed by atoms with Crippen LogP contribution in [0.4, 0.5) is 0 Å². The van der Waals surface area contributed by atoms with Crippen molar-refractivity contribution < 1.29 is 9.90 Å². The molecule has 0 aromatic heterocycles. The SMILES string of the molecule is CC(C)CN(CC(=O)O)Cc1cc(Br)ccc1Cl. The smallest absolute Gasteiger partial charge is 0.317 e. The number of carbonyl (C=O) groups is 1. The third-order valence-corrected chi connectivity index (χ3v) is 3.25. The first-order chi connectivity index (χ1) is 8.38. The molecule has 18 heavy (non-hydrogen) atoms. The van der Waals surface area contributed by atoms with E-state index in [9.17, 15) is 4.79 Å². The van der Waals surface area contributed by atoms with Crippen LogP contribution in [0.25, 0.3) is 0 Å². The van der Waals surface area contributed by atoms with Crippen molar-refractivity contribution in [2.45, 2.75) is 20.4 Å². The molecule has 0 unspecified atom stereocenters. The number of hydrogen-bond donors (Lipinski definition) is 1. The highest BCUT2D eigenvalue weighted by molar-refractivity contribution is 9.10. The van der Waals surface area contributed by atoms with Crippen LogP contribution in [0.5, 0.6) is 0 Å². The molecule has 0 spiro atoms. The van der Waals surface area contributed by atoms with Crippen molar-refractivity contribution in [3.8, 4) is 0 Å². The van der Waals surface area contributed by atoms with Gasteiger partial charge in [0.05, 0.1) is 6.54 Å². The van der Waals surface area contributed by atoms with Crippen LogP contribution in [0.1, 0.15) is 19.4 Å². The lowest BCUT2D eigenvalue weighted by atomic mass is 10.1. The highest BCUT2D eigenvalue weighted by Crippen LogP contribution is 2.22. The first-order valence-corrected chi connectivity index (χ1v) is 6.93. The minimum atomic E-state index is -0.818. The summed E-state index contributed by atoms with van der Waals surface area (Å²) in [6.45, 7) is 5.44. The van der Waals surface area contributed by atoms with E-state index >= 15 is 0 Å². The summed E-state index contributed by atoms with van der Waals surface area (Å²) >= 11 is 9.51. The average molecular weight is 335 g/mol. The molecular formula is C13H17BrClNO2. The molecule has 0 bridgehead atoms. The van der Waals surface area contributed by atoms with Gasteiger partial charge >= 0.3 is 5.97 Å². The molecule has 1 aromatic carbocycles.